The van der Waals surface area contributed by atoms with Gasteiger partial charge in [0.2, 0.25) is 5.91 Å². The number of aryl methyl sites for hydroxylation is 2. The van der Waals surface area contributed by atoms with Crippen LogP contribution in [-0.4, -0.2) is 37.5 Å². The normalized spacial score (nSPS) is 10.7. The molecular formula is C24H21FN6O2S. The number of carbonyl (C=O) groups excluding carboxylic acids is 2. The Bertz CT molecular complexity index is 1320. The number of hydrogen-bond donors (Lipinski definition) is 2. The van der Waals surface area contributed by atoms with Gasteiger partial charge in [-0.2, -0.15) is 5.10 Å². The van der Waals surface area contributed by atoms with E-state index in [1.807, 2.05) is 19.9 Å². The summed E-state index contributed by atoms with van der Waals surface area (Å²) in [5.41, 5.74) is 2.96. The first-order valence-corrected chi connectivity index (χ1v) is 11.3. The van der Waals surface area contributed by atoms with Crippen molar-refractivity contribution in [2.24, 2.45) is 0 Å². The minimum absolute atomic E-state index is 0.0852. The van der Waals surface area contributed by atoms with E-state index in [0.717, 1.165) is 11.4 Å². The van der Waals surface area contributed by atoms with Crippen LogP contribution in [0.15, 0.2) is 71.8 Å². The van der Waals surface area contributed by atoms with Crippen molar-refractivity contribution in [3.63, 3.8) is 0 Å². The zero-order valence-electron chi connectivity index (χ0n) is 18.4. The molecule has 0 unspecified atom stereocenters. The number of rotatable bonds is 7. The van der Waals surface area contributed by atoms with Crippen LogP contribution >= 0.6 is 11.8 Å². The summed E-state index contributed by atoms with van der Waals surface area (Å²) in [6, 6.07) is 17.6. The maximum absolute atomic E-state index is 13.1. The zero-order valence-corrected chi connectivity index (χ0v) is 19.3. The number of anilines is 2. The molecule has 0 aliphatic heterocycles. The number of amides is 2. The molecule has 4 rings (SSSR count). The van der Waals surface area contributed by atoms with Gasteiger partial charge in [0, 0.05) is 11.4 Å². The smallest absolute Gasteiger partial charge is 0.257 e. The van der Waals surface area contributed by atoms with Gasteiger partial charge in [-0.3, -0.25) is 9.59 Å². The van der Waals surface area contributed by atoms with Gasteiger partial charge in [0.15, 0.2) is 5.82 Å². The van der Waals surface area contributed by atoms with Crippen LogP contribution in [0, 0.1) is 19.7 Å². The van der Waals surface area contributed by atoms with Gasteiger partial charge in [-0.15, -0.1) is 10.2 Å². The van der Waals surface area contributed by atoms with E-state index in [1.54, 1.807) is 41.1 Å². The molecule has 2 aromatic carbocycles. The average molecular weight is 477 g/mol. The van der Waals surface area contributed by atoms with Gasteiger partial charge in [-0.25, -0.2) is 9.07 Å². The first-order valence-electron chi connectivity index (χ1n) is 10.3. The third-order valence-corrected chi connectivity index (χ3v) is 5.67. The quantitative estimate of drug-likeness (QED) is 0.384. The maximum Gasteiger partial charge on any atom is 0.257 e. The van der Waals surface area contributed by atoms with E-state index in [0.29, 0.717) is 27.8 Å². The molecule has 0 atom stereocenters. The van der Waals surface area contributed by atoms with Crippen LogP contribution in [0.25, 0.3) is 5.82 Å². The number of nitrogens with one attached hydrogen (secondary N) is 2. The minimum Gasteiger partial charge on any atom is -0.325 e. The van der Waals surface area contributed by atoms with Gasteiger partial charge in [-0.1, -0.05) is 23.9 Å². The van der Waals surface area contributed by atoms with Crippen molar-refractivity contribution >= 4 is 35.0 Å². The monoisotopic (exact) mass is 476 g/mol. The maximum atomic E-state index is 13.1. The Kier molecular flexibility index (Phi) is 6.98. The molecule has 2 aromatic heterocycles. The van der Waals surface area contributed by atoms with Crippen molar-refractivity contribution in [1.29, 1.82) is 0 Å². The van der Waals surface area contributed by atoms with Crippen molar-refractivity contribution < 1.29 is 14.0 Å². The van der Waals surface area contributed by atoms with Crippen LogP contribution < -0.4 is 10.6 Å². The molecular weight excluding hydrogens is 455 g/mol. The number of hydrogen-bond acceptors (Lipinski definition) is 6. The number of aromatic nitrogens is 4. The molecule has 172 valence electrons. The van der Waals surface area contributed by atoms with Crippen molar-refractivity contribution in [3.05, 3.63) is 89.5 Å². The summed E-state index contributed by atoms with van der Waals surface area (Å²) < 4.78 is 14.8. The van der Waals surface area contributed by atoms with E-state index < -0.39 is 11.7 Å². The molecule has 8 nitrogen and oxygen atoms in total. The minimum atomic E-state index is -0.416. The fourth-order valence-corrected chi connectivity index (χ4v) is 3.83. The van der Waals surface area contributed by atoms with Crippen LogP contribution in [0.2, 0.25) is 0 Å². The van der Waals surface area contributed by atoms with E-state index in [4.69, 9.17) is 0 Å². The van der Waals surface area contributed by atoms with Gasteiger partial charge in [0.05, 0.1) is 22.7 Å². The Balaban J connectivity index is 1.36. The molecule has 0 radical (unpaired) electrons. The highest BCUT2D eigenvalue weighted by Gasteiger charge is 2.14. The van der Waals surface area contributed by atoms with Crippen molar-refractivity contribution in [2.45, 2.75) is 18.9 Å². The van der Waals surface area contributed by atoms with Crippen LogP contribution in [0.3, 0.4) is 0 Å². The largest absolute Gasteiger partial charge is 0.325 e. The molecule has 0 aliphatic rings. The standard InChI is InChI=1S/C24H21FN6O2S/c1-15-13-16(2)31(30-15)21-11-12-23(29-28-21)34-14-22(32)27-20-6-4-3-5-19(20)24(33)26-18-9-7-17(25)8-10-18/h3-13H,14H2,1-2H3,(H,26,33)(H,27,32). The predicted molar refractivity (Wildman–Crippen MR) is 129 cm³/mol. The Labute approximate surface area is 199 Å². The second-order valence-corrected chi connectivity index (χ2v) is 8.41. The van der Waals surface area contributed by atoms with Gasteiger partial charge in [0.1, 0.15) is 10.8 Å². The number of thioether (sulfide) groups is 1. The summed E-state index contributed by atoms with van der Waals surface area (Å²) in [7, 11) is 0. The Morgan fingerprint density at radius 1 is 0.971 bits per heavy atom. The topological polar surface area (TPSA) is 102 Å². The molecule has 0 spiro atoms. The summed E-state index contributed by atoms with van der Waals surface area (Å²) in [6.07, 6.45) is 0. The number of benzene rings is 2. The fraction of sp³-hybridized carbons (Fsp3) is 0.125. The highest BCUT2D eigenvalue weighted by molar-refractivity contribution is 7.99. The van der Waals surface area contributed by atoms with E-state index in [9.17, 15) is 14.0 Å². The molecule has 2 N–H and O–H groups in total. The number of halogens is 1. The lowest BCUT2D eigenvalue weighted by molar-refractivity contribution is -0.113. The summed E-state index contributed by atoms with van der Waals surface area (Å²) in [6.45, 7) is 3.84. The summed E-state index contributed by atoms with van der Waals surface area (Å²) in [4.78, 5) is 25.2. The van der Waals surface area contributed by atoms with E-state index in [2.05, 4.69) is 25.9 Å². The first kappa shape index (κ1) is 23.1. The van der Waals surface area contributed by atoms with Crippen molar-refractivity contribution in [2.75, 3.05) is 16.4 Å². The highest BCUT2D eigenvalue weighted by atomic mass is 32.2. The lowest BCUT2D eigenvalue weighted by Gasteiger charge is -2.11. The molecule has 34 heavy (non-hydrogen) atoms. The van der Waals surface area contributed by atoms with E-state index >= 15 is 0 Å². The Morgan fingerprint density at radius 2 is 1.74 bits per heavy atom. The van der Waals surface area contributed by atoms with Gasteiger partial charge < -0.3 is 10.6 Å². The fourth-order valence-electron chi connectivity index (χ4n) is 3.21. The number of para-hydroxylation sites is 1. The van der Waals surface area contributed by atoms with E-state index in [-0.39, 0.29) is 11.7 Å². The third kappa shape index (κ3) is 5.65. The summed E-state index contributed by atoms with van der Waals surface area (Å²) in [5.74, 6) is -0.422. The summed E-state index contributed by atoms with van der Waals surface area (Å²) >= 11 is 1.23. The van der Waals surface area contributed by atoms with Gasteiger partial charge >= 0.3 is 0 Å². The zero-order chi connectivity index (χ0) is 24.1. The molecule has 0 saturated heterocycles. The first-order chi connectivity index (χ1) is 16.4. The molecule has 0 fully saturated rings. The van der Waals surface area contributed by atoms with Gasteiger partial charge in [0.25, 0.3) is 5.91 Å². The second-order valence-electron chi connectivity index (χ2n) is 7.41. The molecule has 2 heterocycles. The van der Waals surface area contributed by atoms with Gasteiger partial charge in [-0.05, 0) is 68.4 Å². The molecule has 4 aromatic rings. The lowest BCUT2D eigenvalue weighted by Crippen LogP contribution is -2.19. The van der Waals surface area contributed by atoms with Crippen LogP contribution in [0.1, 0.15) is 21.7 Å². The molecule has 2 amide bonds. The predicted octanol–water partition coefficient (Wildman–Crippen LogP) is 4.40. The van der Waals surface area contributed by atoms with Crippen molar-refractivity contribution in [1.82, 2.24) is 20.0 Å². The van der Waals surface area contributed by atoms with Crippen LogP contribution in [-0.2, 0) is 4.79 Å². The molecule has 0 aliphatic carbocycles. The Hall–Kier alpha value is -4.05. The van der Waals surface area contributed by atoms with Crippen LogP contribution in [0.4, 0.5) is 15.8 Å². The lowest BCUT2D eigenvalue weighted by atomic mass is 10.1. The SMILES string of the molecule is Cc1cc(C)n(-c2ccc(SCC(=O)Nc3ccccc3C(=O)Nc3ccc(F)cc3)nn2)n1. The highest BCUT2D eigenvalue weighted by Crippen LogP contribution is 2.20. The molecule has 0 bridgehead atoms. The van der Waals surface area contributed by atoms with E-state index in [1.165, 1.54) is 36.0 Å². The van der Waals surface area contributed by atoms with Crippen LogP contribution in [0.5, 0.6) is 0 Å². The molecule has 0 saturated carbocycles. The van der Waals surface area contributed by atoms with Crippen molar-refractivity contribution in [3.8, 4) is 5.82 Å². The average Bonchev–Trinajstić information content (AvgIpc) is 3.17. The third-order valence-electron chi connectivity index (χ3n) is 4.75. The number of nitrogens with zero attached hydrogens (tertiary/aromatic N) is 4. The molecule has 10 heteroatoms. The Morgan fingerprint density at radius 3 is 2.41 bits per heavy atom. The number of carbonyl (C=O) groups is 2. The second kappa shape index (κ2) is 10.3. The summed E-state index contributed by atoms with van der Waals surface area (Å²) in [5, 5.41) is 18.8.